The topological polar surface area (TPSA) is 44.8 Å². The van der Waals surface area contributed by atoms with Crippen LogP contribution in [-0.4, -0.2) is 48.5 Å². The van der Waals surface area contributed by atoms with E-state index in [0.717, 1.165) is 63.7 Å². The molecular weight excluding hydrogens is 398 g/mol. The lowest BCUT2D eigenvalue weighted by Crippen LogP contribution is -2.45. The predicted octanol–water partition coefficient (Wildman–Crippen LogP) is 4.19. The van der Waals surface area contributed by atoms with Crippen molar-refractivity contribution in [3.05, 3.63) is 95.1 Å². The Balaban J connectivity index is 1.10. The number of hydrogen-bond acceptors (Lipinski definition) is 4. The Labute approximate surface area is 189 Å². The lowest BCUT2D eigenvalue weighted by atomic mass is 10.1. The molecule has 0 spiro atoms. The third kappa shape index (κ3) is 5.01. The maximum absolute atomic E-state index is 12.4. The molecule has 5 nitrogen and oxygen atoms in total. The average Bonchev–Trinajstić information content (AvgIpc) is 3.29. The highest BCUT2D eigenvalue weighted by Crippen LogP contribution is 2.26. The Morgan fingerprint density at radius 1 is 0.812 bits per heavy atom. The van der Waals surface area contributed by atoms with Crippen molar-refractivity contribution >= 4 is 11.6 Å². The zero-order chi connectivity index (χ0) is 21.8. The molecule has 3 aromatic carbocycles. The Morgan fingerprint density at radius 2 is 1.47 bits per heavy atom. The summed E-state index contributed by atoms with van der Waals surface area (Å²) in [5.41, 5.74) is 5.47. The zero-order valence-corrected chi connectivity index (χ0v) is 18.3. The second kappa shape index (κ2) is 9.55. The van der Waals surface area contributed by atoms with Gasteiger partial charge in [0.2, 0.25) is 0 Å². The molecule has 164 valence electrons. The highest BCUT2D eigenvalue weighted by atomic mass is 16.5. The summed E-state index contributed by atoms with van der Waals surface area (Å²) in [6.45, 7) is 7.01. The quantitative estimate of drug-likeness (QED) is 0.641. The summed E-state index contributed by atoms with van der Waals surface area (Å²) in [4.78, 5) is 17.5. The van der Waals surface area contributed by atoms with Crippen molar-refractivity contribution in [2.75, 3.05) is 38.1 Å². The van der Waals surface area contributed by atoms with E-state index in [-0.39, 0.29) is 5.91 Å². The number of amides is 1. The van der Waals surface area contributed by atoms with Gasteiger partial charge in [-0.1, -0.05) is 42.5 Å². The van der Waals surface area contributed by atoms with E-state index in [1.807, 2.05) is 42.5 Å². The highest BCUT2D eigenvalue weighted by molar-refractivity contribution is 6.04. The minimum Gasteiger partial charge on any atom is -0.493 e. The number of carbonyl (C=O) groups excluding carboxylic acids is 1. The van der Waals surface area contributed by atoms with Gasteiger partial charge >= 0.3 is 0 Å². The van der Waals surface area contributed by atoms with Gasteiger partial charge in [0.1, 0.15) is 5.75 Å². The summed E-state index contributed by atoms with van der Waals surface area (Å²) in [6, 6.07) is 24.2. The number of hydrogen-bond donors (Lipinski definition) is 1. The van der Waals surface area contributed by atoms with E-state index in [1.165, 1.54) is 16.7 Å². The molecule has 32 heavy (non-hydrogen) atoms. The van der Waals surface area contributed by atoms with Crippen LogP contribution >= 0.6 is 0 Å². The van der Waals surface area contributed by atoms with Crippen LogP contribution in [-0.2, 0) is 19.5 Å². The van der Waals surface area contributed by atoms with E-state index < -0.39 is 0 Å². The molecule has 0 atom stereocenters. The van der Waals surface area contributed by atoms with E-state index in [2.05, 4.69) is 45.4 Å². The molecular formula is C27H29N3O2. The number of anilines is 1. The number of rotatable bonds is 6. The molecule has 0 radical (unpaired) electrons. The smallest absolute Gasteiger partial charge is 0.255 e. The fourth-order valence-corrected chi connectivity index (χ4v) is 4.45. The Bertz CT molecular complexity index is 1060. The monoisotopic (exact) mass is 427 g/mol. The predicted molar refractivity (Wildman–Crippen MR) is 127 cm³/mol. The largest absolute Gasteiger partial charge is 0.493 e. The van der Waals surface area contributed by atoms with Crippen molar-refractivity contribution < 1.29 is 9.53 Å². The first-order valence-corrected chi connectivity index (χ1v) is 11.4. The summed E-state index contributed by atoms with van der Waals surface area (Å²) in [5, 5.41) is 2.94. The van der Waals surface area contributed by atoms with Gasteiger partial charge in [0.15, 0.2) is 0 Å². The summed E-state index contributed by atoms with van der Waals surface area (Å²) in [6.07, 6.45) is 1.03. The molecule has 1 fully saturated rings. The molecule has 1 saturated heterocycles. The van der Waals surface area contributed by atoms with Crippen molar-refractivity contribution in [3.8, 4) is 5.75 Å². The Kier molecular flexibility index (Phi) is 6.19. The molecule has 1 amide bonds. The molecule has 0 unspecified atom stereocenters. The molecule has 5 heteroatoms. The number of piperazine rings is 1. The van der Waals surface area contributed by atoms with Crippen LogP contribution in [0.5, 0.6) is 5.75 Å². The fourth-order valence-electron chi connectivity index (χ4n) is 4.45. The van der Waals surface area contributed by atoms with Crippen molar-refractivity contribution in [2.45, 2.75) is 19.5 Å². The molecule has 5 rings (SSSR count). The van der Waals surface area contributed by atoms with Gasteiger partial charge in [0.05, 0.1) is 6.61 Å². The number of benzene rings is 3. The standard InChI is InChI=1S/C27H29N3O2/c31-27(28-25-4-2-1-3-5-25)23-9-6-21(7-10-23)19-29-13-15-30(16-14-29)20-22-8-11-26-24(18-22)12-17-32-26/h1-11,18H,12-17,19-20H2,(H,28,31). The molecule has 0 saturated carbocycles. The molecule has 0 aromatic heterocycles. The van der Waals surface area contributed by atoms with Crippen LogP contribution < -0.4 is 10.1 Å². The third-order valence-electron chi connectivity index (χ3n) is 6.28. The maximum Gasteiger partial charge on any atom is 0.255 e. The van der Waals surface area contributed by atoms with Crippen LogP contribution in [0.25, 0.3) is 0 Å². The first-order valence-electron chi connectivity index (χ1n) is 11.4. The van der Waals surface area contributed by atoms with E-state index >= 15 is 0 Å². The molecule has 3 aromatic rings. The number of para-hydroxylation sites is 1. The van der Waals surface area contributed by atoms with Crippen molar-refractivity contribution in [3.63, 3.8) is 0 Å². The van der Waals surface area contributed by atoms with Gasteiger partial charge < -0.3 is 10.1 Å². The van der Waals surface area contributed by atoms with Gasteiger partial charge in [-0.05, 0) is 47.0 Å². The SMILES string of the molecule is O=C(Nc1ccccc1)c1ccc(CN2CCN(Cc3ccc4c(c3)CCO4)CC2)cc1. The van der Waals surface area contributed by atoms with Gasteiger partial charge in [0.25, 0.3) is 5.91 Å². The number of ether oxygens (including phenoxy) is 1. The number of fused-ring (bicyclic) bond motifs is 1. The molecule has 1 N–H and O–H groups in total. The molecule has 2 heterocycles. The number of carbonyl (C=O) groups is 1. The van der Waals surface area contributed by atoms with Gasteiger partial charge in [-0.25, -0.2) is 0 Å². The zero-order valence-electron chi connectivity index (χ0n) is 18.3. The van der Waals surface area contributed by atoms with Gasteiger partial charge in [-0.2, -0.15) is 0 Å². The first-order chi connectivity index (χ1) is 15.7. The minimum absolute atomic E-state index is 0.0746. The van der Waals surface area contributed by atoms with E-state index in [4.69, 9.17) is 4.74 Å². The lowest BCUT2D eigenvalue weighted by molar-refractivity contribution is 0.102. The molecule has 0 aliphatic carbocycles. The van der Waals surface area contributed by atoms with Gasteiger partial charge in [0, 0.05) is 56.9 Å². The summed E-state index contributed by atoms with van der Waals surface area (Å²) in [5.74, 6) is 0.983. The third-order valence-corrected chi connectivity index (χ3v) is 6.28. The van der Waals surface area contributed by atoms with Crippen molar-refractivity contribution in [2.24, 2.45) is 0 Å². The van der Waals surface area contributed by atoms with Crippen LogP contribution in [0.1, 0.15) is 27.0 Å². The van der Waals surface area contributed by atoms with E-state index in [1.54, 1.807) is 0 Å². The molecule has 2 aliphatic heterocycles. The molecule has 0 bridgehead atoms. The van der Waals surface area contributed by atoms with Crippen LogP contribution in [0.4, 0.5) is 5.69 Å². The maximum atomic E-state index is 12.4. The fraction of sp³-hybridized carbons (Fsp3) is 0.296. The second-order valence-corrected chi connectivity index (χ2v) is 8.61. The van der Waals surface area contributed by atoms with Gasteiger partial charge in [-0.3, -0.25) is 14.6 Å². The van der Waals surface area contributed by atoms with Crippen molar-refractivity contribution in [1.29, 1.82) is 0 Å². The Hall–Kier alpha value is -3.15. The minimum atomic E-state index is -0.0746. The van der Waals surface area contributed by atoms with Crippen LogP contribution in [0.3, 0.4) is 0 Å². The average molecular weight is 428 g/mol. The summed E-state index contributed by atoms with van der Waals surface area (Å²) < 4.78 is 5.62. The van der Waals surface area contributed by atoms with Crippen LogP contribution in [0.2, 0.25) is 0 Å². The normalized spacial score (nSPS) is 16.4. The number of nitrogens with zero attached hydrogens (tertiary/aromatic N) is 2. The van der Waals surface area contributed by atoms with Gasteiger partial charge in [-0.15, -0.1) is 0 Å². The van der Waals surface area contributed by atoms with Crippen LogP contribution in [0, 0.1) is 0 Å². The second-order valence-electron chi connectivity index (χ2n) is 8.61. The highest BCUT2D eigenvalue weighted by Gasteiger charge is 2.19. The van der Waals surface area contributed by atoms with Crippen molar-refractivity contribution in [1.82, 2.24) is 9.80 Å². The van der Waals surface area contributed by atoms with E-state index in [0.29, 0.717) is 5.56 Å². The summed E-state index contributed by atoms with van der Waals surface area (Å²) in [7, 11) is 0. The van der Waals surface area contributed by atoms with E-state index in [9.17, 15) is 4.79 Å². The number of nitrogens with one attached hydrogen (secondary N) is 1. The molecule has 2 aliphatic rings. The first kappa shape index (κ1) is 20.7. The Morgan fingerprint density at radius 3 is 2.19 bits per heavy atom. The van der Waals surface area contributed by atoms with Crippen LogP contribution in [0.15, 0.2) is 72.8 Å². The summed E-state index contributed by atoms with van der Waals surface area (Å²) >= 11 is 0. The lowest BCUT2D eigenvalue weighted by Gasteiger charge is -2.34.